The summed E-state index contributed by atoms with van der Waals surface area (Å²) in [6.45, 7) is 4.15. The third-order valence-corrected chi connectivity index (χ3v) is 5.26. The molecule has 2 nitrogen and oxygen atoms in total. The molecule has 1 fully saturated rings. The maximum absolute atomic E-state index is 10.9. The second-order valence-electron chi connectivity index (χ2n) is 5.19. The van der Waals surface area contributed by atoms with Crippen LogP contribution in [0.25, 0.3) is 11.0 Å². The molecule has 1 aromatic carbocycles. The molecule has 18 heavy (non-hydrogen) atoms. The Labute approximate surface area is 111 Å². The Balaban J connectivity index is 2.07. The number of hydrogen-bond donors (Lipinski definition) is 1. The van der Waals surface area contributed by atoms with Crippen LogP contribution in [-0.4, -0.2) is 16.1 Å². The van der Waals surface area contributed by atoms with Crippen molar-refractivity contribution in [3.05, 3.63) is 35.6 Å². The van der Waals surface area contributed by atoms with Gasteiger partial charge in [0.05, 0.1) is 0 Å². The zero-order chi connectivity index (χ0) is 12.8. The molecular formula is C15H18O2S. The van der Waals surface area contributed by atoms with Crippen LogP contribution in [0.1, 0.15) is 31.1 Å². The molecule has 0 spiro atoms. The summed E-state index contributed by atoms with van der Waals surface area (Å²) < 4.78 is 5.87. The molecule has 2 heterocycles. The van der Waals surface area contributed by atoms with Crippen LogP contribution >= 0.6 is 11.8 Å². The molecule has 2 atom stereocenters. The molecule has 1 aliphatic rings. The fourth-order valence-electron chi connectivity index (χ4n) is 2.64. The van der Waals surface area contributed by atoms with E-state index in [0.717, 1.165) is 35.3 Å². The smallest absolute Gasteiger partial charge is 0.138 e. The van der Waals surface area contributed by atoms with Gasteiger partial charge in [-0.05, 0) is 43.7 Å². The molecule has 1 aromatic heterocycles. The zero-order valence-corrected chi connectivity index (χ0v) is 11.6. The van der Waals surface area contributed by atoms with E-state index >= 15 is 0 Å². The van der Waals surface area contributed by atoms with Gasteiger partial charge in [-0.1, -0.05) is 18.6 Å². The van der Waals surface area contributed by atoms with Crippen molar-refractivity contribution in [2.75, 3.05) is 5.75 Å². The standard InChI is InChI=1S/C15H18O2S/c1-10-4-5-13-12(8-10)9-14(17-13)15(16)6-3-7-18-11(15)2/h4-5,8-9,11,16H,3,6-7H2,1-2H3. The SMILES string of the molecule is Cc1ccc2oc(C3(O)CCCSC3C)cc2c1. The summed E-state index contributed by atoms with van der Waals surface area (Å²) in [6, 6.07) is 8.13. The topological polar surface area (TPSA) is 33.4 Å². The molecule has 2 aromatic rings. The number of rotatable bonds is 1. The maximum atomic E-state index is 10.9. The Morgan fingerprint density at radius 1 is 1.39 bits per heavy atom. The lowest BCUT2D eigenvalue weighted by Gasteiger charge is -2.35. The van der Waals surface area contributed by atoms with Crippen molar-refractivity contribution in [3.8, 4) is 0 Å². The van der Waals surface area contributed by atoms with Crippen LogP contribution in [0.4, 0.5) is 0 Å². The highest BCUT2D eigenvalue weighted by molar-refractivity contribution is 8.00. The van der Waals surface area contributed by atoms with E-state index in [-0.39, 0.29) is 5.25 Å². The highest BCUT2D eigenvalue weighted by Crippen LogP contribution is 2.43. The molecule has 0 radical (unpaired) electrons. The van der Waals surface area contributed by atoms with Gasteiger partial charge in [-0.25, -0.2) is 0 Å². The lowest BCUT2D eigenvalue weighted by atomic mass is 9.91. The molecule has 0 amide bonds. The average Bonchev–Trinajstić information content (AvgIpc) is 2.76. The third-order valence-electron chi connectivity index (χ3n) is 3.84. The Bertz CT molecular complexity index is 575. The lowest BCUT2D eigenvalue weighted by Crippen LogP contribution is -2.38. The molecule has 0 aliphatic carbocycles. The van der Waals surface area contributed by atoms with Gasteiger partial charge in [-0.2, -0.15) is 11.8 Å². The number of aryl methyl sites for hydroxylation is 1. The van der Waals surface area contributed by atoms with Crippen molar-refractivity contribution in [2.45, 2.75) is 37.5 Å². The maximum Gasteiger partial charge on any atom is 0.138 e. The van der Waals surface area contributed by atoms with Gasteiger partial charge in [0.1, 0.15) is 16.9 Å². The van der Waals surface area contributed by atoms with Crippen molar-refractivity contribution < 1.29 is 9.52 Å². The zero-order valence-electron chi connectivity index (χ0n) is 10.8. The summed E-state index contributed by atoms with van der Waals surface area (Å²) in [5.41, 5.74) is 1.27. The monoisotopic (exact) mass is 262 g/mol. The van der Waals surface area contributed by atoms with Crippen molar-refractivity contribution in [1.82, 2.24) is 0 Å². The number of thioether (sulfide) groups is 1. The Hall–Kier alpha value is -0.930. The van der Waals surface area contributed by atoms with Gasteiger partial charge < -0.3 is 9.52 Å². The van der Waals surface area contributed by atoms with E-state index < -0.39 is 5.60 Å². The van der Waals surface area contributed by atoms with Gasteiger partial charge in [0, 0.05) is 10.6 Å². The van der Waals surface area contributed by atoms with Crippen molar-refractivity contribution in [1.29, 1.82) is 0 Å². The van der Waals surface area contributed by atoms with Gasteiger partial charge in [0.2, 0.25) is 0 Å². The van der Waals surface area contributed by atoms with E-state index in [1.54, 1.807) is 0 Å². The fraction of sp³-hybridized carbons (Fsp3) is 0.467. The van der Waals surface area contributed by atoms with Gasteiger partial charge in [-0.15, -0.1) is 0 Å². The van der Waals surface area contributed by atoms with E-state index in [9.17, 15) is 5.11 Å². The molecule has 96 valence electrons. The highest BCUT2D eigenvalue weighted by Gasteiger charge is 2.41. The first-order valence-corrected chi connectivity index (χ1v) is 7.49. The third kappa shape index (κ3) is 1.86. The lowest BCUT2D eigenvalue weighted by molar-refractivity contribution is 0.00575. The molecule has 1 saturated heterocycles. The molecule has 1 N–H and O–H groups in total. The van der Waals surface area contributed by atoms with E-state index in [2.05, 4.69) is 19.9 Å². The number of aliphatic hydroxyl groups is 1. The van der Waals surface area contributed by atoms with E-state index in [1.807, 2.05) is 30.0 Å². The first-order valence-electron chi connectivity index (χ1n) is 6.44. The first kappa shape index (κ1) is 12.1. The van der Waals surface area contributed by atoms with Crippen LogP contribution in [0.2, 0.25) is 0 Å². The van der Waals surface area contributed by atoms with Crippen LogP contribution in [0, 0.1) is 6.92 Å². The summed E-state index contributed by atoms with van der Waals surface area (Å²) in [4.78, 5) is 0. The molecule has 2 unspecified atom stereocenters. The number of fused-ring (bicyclic) bond motifs is 1. The summed E-state index contributed by atoms with van der Waals surface area (Å²) >= 11 is 1.82. The number of furan rings is 1. The molecular weight excluding hydrogens is 244 g/mol. The van der Waals surface area contributed by atoms with Gasteiger partial charge in [0.25, 0.3) is 0 Å². The molecule has 0 saturated carbocycles. The van der Waals surface area contributed by atoms with Gasteiger partial charge in [0.15, 0.2) is 0 Å². The molecule has 0 bridgehead atoms. The highest BCUT2D eigenvalue weighted by atomic mass is 32.2. The van der Waals surface area contributed by atoms with Crippen LogP contribution < -0.4 is 0 Å². The van der Waals surface area contributed by atoms with Crippen molar-refractivity contribution in [3.63, 3.8) is 0 Å². The van der Waals surface area contributed by atoms with E-state index in [1.165, 1.54) is 5.56 Å². The fourth-order valence-corrected chi connectivity index (χ4v) is 3.82. The summed E-state index contributed by atoms with van der Waals surface area (Å²) in [5.74, 6) is 1.85. The number of hydrogen-bond acceptors (Lipinski definition) is 3. The minimum absolute atomic E-state index is 0.188. The predicted octanol–water partition coefficient (Wildman–Crippen LogP) is 3.84. The van der Waals surface area contributed by atoms with Crippen LogP contribution in [-0.2, 0) is 5.60 Å². The minimum atomic E-state index is -0.810. The molecule has 3 heteroatoms. The number of benzene rings is 1. The van der Waals surface area contributed by atoms with E-state index in [4.69, 9.17) is 4.42 Å². The molecule has 3 rings (SSSR count). The summed E-state index contributed by atoms with van der Waals surface area (Å²) in [7, 11) is 0. The Morgan fingerprint density at radius 2 is 2.22 bits per heavy atom. The van der Waals surface area contributed by atoms with E-state index in [0.29, 0.717) is 0 Å². The van der Waals surface area contributed by atoms with Crippen LogP contribution in [0.15, 0.2) is 28.7 Å². The first-order chi connectivity index (χ1) is 8.59. The van der Waals surface area contributed by atoms with Gasteiger partial charge in [-0.3, -0.25) is 0 Å². The van der Waals surface area contributed by atoms with Crippen molar-refractivity contribution >= 4 is 22.7 Å². The average molecular weight is 262 g/mol. The largest absolute Gasteiger partial charge is 0.458 e. The summed E-state index contributed by atoms with van der Waals surface area (Å²) in [5, 5.41) is 12.1. The van der Waals surface area contributed by atoms with Crippen LogP contribution in [0.3, 0.4) is 0 Å². The normalized spacial score (nSPS) is 28.7. The van der Waals surface area contributed by atoms with Crippen LogP contribution in [0.5, 0.6) is 0 Å². The minimum Gasteiger partial charge on any atom is -0.458 e. The predicted molar refractivity (Wildman–Crippen MR) is 76.0 cm³/mol. The second-order valence-corrected chi connectivity index (χ2v) is 6.64. The Kier molecular flexibility index (Phi) is 2.91. The summed E-state index contributed by atoms with van der Waals surface area (Å²) in [6.07, 6.45) is 1.83. The Morgan fingerprint density at radius 3 is 3.00 bits per heavy atom. The second kappa shape index (κ2) is 4.32. The quantitative estimate of drug-likeness (QED) is 0.847. The van der Waals surface area contributed by atoms with Crippen molar-refractivity contribution in [2.24, 2.45) is 0 Å². The van der Waals surface area contributed by atoms with Gasteiger partial charge >= 0.3 is 0 Å². The molecule has 1 aliphatic heterocycles.